The van der Waals surface area contributed by atoms with Crippen LogP contribution in [0.15, 0.2) is 35.4 Å². The van der Waals surface area contributed by atoms with E-state index in [1.165, 1.54) is 0 Å². The third kappa shape index (κ3) is 2.64. The van der Waals surface area contributed by atoms with Gasteiger partial charge in [-0.3, -0.25) is 0 Å². The minimum atomic E-state index is -0.242. The monoisotopic (exact) mass is 270 g/mol. The van der Waals surface area contributed by atoms with E-state index in [1.807, 2.05) is 36.4 Å². The van der Waals surface area contributed by atoms with E-state index in [2.05, 4.69) is 0 Å². The highest BCUT2D eigenvalue weighted by Gasteiger charge is 2.19. The molecule has 1 aromatic rings. The fourth-order valence-electron chi connectivity index (χ4n) is 2.30. The summed E-state index contributed by atoms with van der Waals surface area (Å²) in [6.45, 7) is 0.917. The molecule has 102 valence electrons. The van der Waals surface area contributed by atoms with Gasteiger partial charge in [-0.25, -0.2) is 9.59 Å². The highest BCUT2D eigenvalue weighted by molar-refractivity contribution is 5.96. The lowest BCUT2D eigenvalue weighted by atomic mass is 10.0. The van der Waals surface area contributed by atoms with Gasteiger partial charge in [-0.05, 0) is 29.3 Å². The third-order valence-electron chi connectivity index (χ3n) is 3.33. The summed E-state index contributed by atoms with van der Waals surface area (Å²) in [6.07, 6.45) is 4.97. The Hall–Kier alpha value is -2.36. The number of hydrogen-bond donors (Lipinski definition) is 0. The number of rotatable bonds is 2. The number of hydrogen-bond acceptors (Lipinski definition) is 4. The van der Waals surface area contributed by atoms with Gasteiger partial charge in [0, 0.05) is 24.0 Å². The first-order valence-corrected chi connectivity index (χ1v) is 6.58. The molecule has 2 saturated heterocycles. The van der Waals surface area contributed by atoms with Crippen molar-refractivity contribution in [3.05, 3.63) is 46.5 Å². The summed E-state index contributed by atoms with van der Waals surface area (Å²) in [5.41, 5.74) is 3.24. The maximum Gasteiger partial charge on any atom is 0.334 e. The maximum absolute atomic E-state index is 11.4. The van der Waals surface area contributed by atoms with Crippen LogP contribution in [0.4, 0.5) is 0 Å². The summed E-state index contributed by atoms with van der Waals surface area (Å²) in [7, 11) is 0. The van der Waals surface area contributed by atoms with Crippen LogP contribution in [0.25, 0.3) is 12.2 Å². The molecule has 4 heteroatoms. The Labute approximate surface area is 116 Å². The molecule has 1 aromatic carbocycles. The molecule has 2 aliphatic heterocycles. The highest BCUT2D eigenvalue weighted by atomic mass is 16.5. The zero-order chi connectivity index (χ0) is 13.9. The van der Waals surface area contributed by atoms with Crippen LogP contribution in [0, 0.1) is 0 Å². The van der Waals surface area contributed by atoms with Crippen LogP contribution >= 0.6 is 0 Å². The van der Waals surface area contributed by atoms with Crippen molar-refractivity contribution in [2.75, 3.05) is 13.2 Å². The summed E-state index contributed by atoms with van der Waals surface area (Å²) >= 11 is 0. The lowest BCUT2D eigenvalue weighted by molar-refractivity contribution is -0.135. The molecule has 2 fully saturated rings. The molecule has 0 bridgehead atoms. The van der Waals surface area contributed by atoms with E-state index < -0.39 is 0 Å². The molecule has 0 aromatic heterocycles. The minimum absolute atomic E-state index is 0.242. The lowest BCUT2D eigenvalue weighted by Gasteiger charge is -1.99. The largest absolute Gasteiger partial charge is 0.462 e. The molecule has 0 N–H and O–H groups in total. The van der Waals surface area contributed by atoms with E-state index in [4.69, 9.17) is 9.47 Å². The fraction of sp³-hybridized carbons (Fsp3) is 0.250. The average Bonchev–Trinajstić information content (AvgIpc) is 3.01. The van der Waals surface area contributed by atoms with Crippen LogP contribution in [0.5, 0.6) is 0 Å². The van der Waals surface area contributed by atoms with E-state index >= 15 is 0 Å². The first-order valence-electron chi connectivity index (χ1n) is 6.58. The van der Waals surface area contributed by atoms with Gasteiger partial charge in [0.05, 0.1) is 13.2 Å². The second-order valence-electron chi connectivity index (χ2n) is 4.78. The van der Waals surface area contributed by atoms with E-state index in [0.717, 1.165) is 11.1 Å². The predicted octanol–water partition coefficient (Wildman–Crippen LogP) is 2.35. The Bertz CT molecular complexity index is 574. The number of cyclic esters (lactones) is 2. The zero-order valence-corrected chi connectivity index (χ0v) is 10.9. The molecule has 20 heavy (non-hydrogen) atoms. The zero-order valence-electron chi connectivity index (χ0n) is 10.9. The van der Waals surface area contributed by atoms with Gasteiger partial charge in [0.25, 0.3) is 0 Å². The first kappa shape index (κ1) is 12.7. The number of carbonyl (C=O) groups excluding carboxylic acids is 2. The molecule has 0 amide bonds. The molecular weight excluding hydrogens is 256 g/mol. The standard InChI is InChI=1S/C16H14O4/c17-15-13(4-6-19-15)9-11-2-1-3-12(8-11)10-14-5-7-20-16(14)18/h1-3,8-10H,4-7H2. The minimum Gasteiger partial charge on any atom is -0.462 e. The van der Waals surface area contributed by atoms with Gasteiger partial charge in [-0.15, -0.1) is 0 Å². The second-order valence-corrected chi connectivity index (χ2v) is 4.78. The van der Waals surface area contributed by atoms with Crippen molar-refractivity contribution >= 4 is 24.1 Å². The highest BCUT2D eigenvalue weighted by Crippen LogP contribution is 2.21. The van der Waals surface area contributed by atoms with E-state index in [9.17, 15) is 9.59 Å². The molecule has 0 spiro atoms. The summed E-state index contributed by atoms with van der Waals surface area (Å²) in [5, 5.41) is 0. The SMILES string of the molecule is O=C1OCCC1=Cc1cccc(C=C2CCOC2=O)c1. The summed E-state index contributed by atoms with van der Waals surface area (Å²) in [5.74, 6) is -0.485. The van der Waals surface area contributed by atoms with Crippen molar-refractivity contribution in [2.24, 2.45) is 0 Å². The van der Waals surface area contributed by atoms with E-state index in [0.29, 0.717) is 37.2 Å². The van der Waals surface area contributed by atoms with E-state index in [-0.39, 0.29) is 11.9 Å². The van der Waals surface area contributed by atoms with Gasteiger partial charge in [0.1, 0.15) is 0 Å². The Morgan fingerprint density at radius 3 is 1.75 bits per heavy atom. The number of carbonyl (C=O) groups is 2. The lowest BCUT2D eigenvalue weighted by Crippen LogP contribution is -1.95. The average molecular weight is 270 g/mol. The predicted molar refractivity (Wildman–Crippen MR) is 73.5 cm³/mol. The Morgan fingerprint density at radius 2 is 1.35 bits per heavy atom. The van der Waals surface area contributed by atoms with Crippen molar-refractivity contribution in [1.29, 1.82) is 0 Å². The molecule has 0 aliphatic carbocycles. The smallest absolute Gasteiger partial charge is 0.334 e. The molecule has 0 saturated carbocycles. The quantitative estimate of drug-likeness (QED) is 0.611. The Morgan fingerprint density at radius 1 is 0.850 bits per heavy atom. The van der Waals surface area contributed by atoms with Crippen LogP contribution < -0.4 is 0 Å². The number of ether oxygens (including phenoxy) is 2. The molecule has 0 atom stereocenters. The normalized spacial score (nSPS) is 22.4. The van der Waals surface area contributed by atoms with Gasteiger partial charge in [0.15, 0.2) is 0 Å². The first-order chi connectivity index (χ1) is 9.72. The molecule has 2 heterocycles. The van der Waals surface area contributed by atoms with Crippen LogP contribution in [0.1, 0.15) is 24.0 Å². The third-order valence-corrected chi connectivity index (χ3v) is 3.33. The van der Waals surface area contributed by atoms with Crippen molar-refractivity contribution in [3.63, 3.8) is 0 Å². The van der Waals surface area contributed by atoms with Crippen molar-refractivity contribution in [3.8, 4) is 0 Å². The van der Waals surface area contributed by atoms with Crippen LogP contribution in [-0.4, -0.2) is 25.2 Å². The number of esters is 2. The van der Waals surface area contributed by atoms with Gasteiger partial charge in [-0.1, -0.05) is 18.2 Å². The van der Waals surface area contributed by atoms with E-state index in [1.54, 1.807) is 0 Å². The second kappa shape index (κ2) is 5.33. The van der Waals surface area contributed by atoms with Gasteiger partial charge >= 0.3 is 11.9 Å². The van der Waals surface area contributed by atoms with Gasteiger partial charge in [0.2, 0.25) is 0 Å². The summed E-state index contributed by atoms with van der Waals surface area (Å²) < 4.78 is 9.82. The molecule has 0 unspecified atom stereocenters. The molecule has 0 radical (unpaired) electrons. The molecule has 4 nitrogen and oxygen atoms in total. The van der Waals surface area contributed by atoms with Crippen molar-refractivity contribution in [1.82, 2.24) is 0 Å². The van der Waals surface area contributed by atoms with Crippen LogP contribution in [0.2, 0.25) is 0 Å². The van der Waals surface area contributed by atoms with Crippen molar-refractivity contribution < 1.29 is 19.1 Å². The summed E-state index contributed by atoms with van der Waals surface area (Å²) in [6, 6.07) is 7.69. The van der Waals surface area contributed by atoms with Crippen LogP contribution in [0.3, 0.4) is 0 Å². The fourth-order valence-corrected chi connectivity index (χ4v) is 2.30. The molecule has 3 rings (SSSR count). The molecule has 2 aliphatic rings. The summed E-state index contributed by atoms with van der Waals surface area (Å²) in [4.78, 5) is 22.8. The molecular formula is C16H14O4. The van der Waals surface area contributed by atoms with Gasteiger partial charge < -0.3 is 9.47 Å². The maximum atomic E-state index is 11.4. The Balaban J connectivity index is 1.86. The van der Waals surface area contributed by atoms with Gasteiger partial charge in [-0.2, -0.15) is 0 Å². The van der Waals surface area contributed by atoms with Crippen LogP contribution in [-0.2, 0) is 19.1 Å². The Kier molecular flexibility index (Phi) is 3.37. The van der Waals surface area contributed by atoms with Crippen molar-refractivity contribution in [2.45, 2.75) is 12.8 Å². The number of benzene rings is 1. The topological polar surface area (TPSA) is 52.6 Å².